The summed E-state index contributed by atoms with van der Waals surface area (Å²) in [5.74, 6) is 0. The van der Waals surface area contributed by atoms with Crippen LogP contribution in [0.15, 0.2) is 34.8 Å². The van der Waals surface area contributed by atoms with Gasteiger partial charge in [-0.3, -0.25) is 0 Å². The highest BCUT2D eigenvalue weighted by molar-refractivity contribution is 9.10. The minimum absolute atomic E-state index is 0.431. The van der Waals surface area contributed by atoms with E-state index < -0.39 is 11.7 Å². The van der Waals surface area contributed by atoms with E-state index in [1.54, 1.807) is 6.07 Å². The smallest absolute Gasteiger partial charge is 0.315 e. The van der Waals surface area contributed by atoms with Gasteiger partial charge in [0.2, 0.25) is 0 Å². The molecule has 0 bridgehead atoms. The number of alkyl halides is 3. The zero-order chi connectivity index (χ0) is 14.0. The summed E-state index contributed by atoms with van der Waals surface area (Å²) in [6.45, 7) is 0.713. The van der Waals surface area contributed by atoms with Crippen molar-refractivity contribution < 1.29 is 13.2 Å². The van der Waals surface area contributed by atoms with Gasteiger partial charge in [0.25, 0.3) is 0 Å². The SMILES string of the molecule is CNCc1ccc(-c2cc(Br)cc(C(F)(F)F)c2)s1. The Labute approximate surface area is 121 Å². The molecule has 0 spiro atoms. The first kappa shape index (κ1) is 14.6. The van der Waals surface area contributed by atoms with Gasteiger partial charge in [-0.05, 0) is 42.9 Å². The van der Waals surface area contributed by atoms with E-state index in [4.69, 9.17) is 0 Å². The van der Waals surface area contributed by atoms with Gasteiger partial charge in [-0.2, -0.15) is 13.2 Å². The molecular formula is C13H11BrF3NS. The second-order valence-electron chi connectivity index (χ2n) is 4.02. The van der Waals surface area contributed by atoms with E-state index in [0.717, 1.165) is 15.8 Å². The van der Waals surface area contributed by atoms with E-state index in [2.05, 4.69) is 21.2 Å². The van der Waals surface area contributed by atoms with Gasteiger partial charge in [0.1, 0.15) is 0 Å². The Morgan fingerprint density at radius 3 is 2.58 bits per heavy atom. The summed E-state index contributed by atoms with van der Waals surface area (Å²) >= 11 is 4.62. The predicted octanol–water partition coefficient (Wildman–Crippen LogP) is 4.92. The van der Waals surface area contributed by atoms with E-state index in [-0.39, 0.29) is 0 Å². The number of hydrogen-bond donors (Lipinski definition) is 1. The topological polar surface area (TPSA) is 12.0 Å². The lowest BCUT2D eigenvalue weighted by Crippen LogP contribution is -2.04. The third-order valence-corrected chi connectivity index (χ3v) is 4.11. The molecule has 1 N–H and O–H groups in total. The monoisotopic (exact) mass is 349 g/mol. The lowest BCUT2D eigenvalue weighted by atomic mass is 10.1. The summed E-state index contributed by atoms with van der Waals surface area (Å²) in [5.41, 5.74) is -0.0607. The summed E-state index contributed by atoms with van der Waals surface area (Å²) in [6, 6.07) is 7.74. The number of nitrogens with one attached hydrogen (secondary N) is 1. The van der Waals surface area contributed by atoms with Crippen molar-refractivity contribution in [1.29, 1.82) is 0 Å². The molecule has 6 heteroatoms. The Bertz CT molecular complexity index is 578. The van der Waals surface area contributed by atoms with Crippen LogP contribution in [0, 0.1) is 0 Å². The van der Waals surface area contributed by atoms with Gasteiger partial charge in [0, 0.05) is 20.8 Å². The van der Waals surface area contributed by atoms with Crippen molar-refractivity contribution in [2.45, 2.75) is 12.7 Å². The van der Waals surface area contributed by atoms with Crippen molar-refractivity contribution in [3.8, 4) is 10.4 Å². The number of rotatable bonds is 3. The van der Waals surface area contributed by atoms with Crippen molar-refractivity contribution in [2.24, 2.45) is 0 Å². The molecule has 1 nitrogen and oxygen atoms in total. The third kappa shape index (κ3) is 3.58. The first-order chi connectivity index (χ1) is 8.90. The number of halogens is 4. The molecule has 1 heterocycles. The zero-order valence-electron chi connectivity index (χ0n) is 10.0. The van der Waals surface area contributed by atoms with Crippen LogP contribution in [0.25, 0.3) is 10.4 Å². The molecular weight excluding hydrogens is 339 g/mol. The second kappa shape index (κ2) is 5.64. The summed E-state index contributed by atoms with van der Waals surface area (Å²) in [5, 5.41) is 3.02. The Kier molecular flexibility index (Phi) is 4.32. The maximum absolute atomic E-state index is 12.8. The molecule has 102 valence electrons. The van der Waals surface area contributed by atoms with E-state index in [1.165, 1.54) is 17.4 Å². The maximum Gasteiger partial charge on any atom is 0.416 e. The van der Waals surface area contributed by atoms with Crippen molar-refractivity contribution in [3.05, 3.63) is 45.2 Å². The average Bonchev–Trinajstić information content (AvgIpc) is 2.76. The van der Waals surface area contributed by atoms with Crippen LogP contribution in [0.5, 0.6) is 0 Å². The average molecular weight is 350 g/mol. The fourth-order valence-corrected chi connectivity index (χ4v) is 3.20. The molecule has 0 fully saturated rings. The molecule has 0 aliphatic rings. The fraction of sp³-hybridized carbons (Fsp3) is 0.231. The highest BCUT2D eigenvalue weighted by atomic mass is 79.9. The number of benzene rings is 1. The molecule has 0 radical (unpaired) electrons. The minimum Gasteiger partial charge on any atom is -0.315 e. The quantitative estimate of drug-likeness (QED) is 0.829. The van der Waals surface area contributed by atoms with E-state index in [0.29, 0.717) is 16.6 Å². The molecule has 0 aliphatic heterocycles. The second-order valence-corrected chi connectivity index (χ2v) is 6.11. The van der Waals surface area contributed by atoms with E-state index >= 15 is 0 Å². The van der Waals surface area contributed by atoms with Crippen LogP contribution in [0.4, 0.5) is 13.2 Å². The molecule has 1 aromatic heterocycles. The number of thiophene rings is 1. The molecule has 2 aromatic rings. The Balaban J connectivity index is 2.41. The van der Waals surface area contributed by atoms with E-state index in [9.17, 15) is 13.2 Å². The van der Waals surface area contributed by atoms with Crippen molar-refractivity contribution in [1.82, 2.24) is 5.32 Å². The van der Waals surface area contributed by atoms with Crippen molar-refractivity contribution in [2.75, 3.05) is 7.05 Å². The third-order valence-electron chi connectivity index (χ3n) is 2.52. The molecule has 0 atom stereocenters. The van der Waals surface area contributed by atoms with Crippen molar-refractivity contribution >= 4 is 27.3 Å². The van der Waals surface area contributed by atoms with Crippen LogP contribution in [-0.4, -0.2) is 7.05 Å². The van der Waals surface area contributed by atoms with Gasteiger partial charge in [-0.15, -0.1) is 11.3 Å². The van der Waals surface area contributed by atoms with Crippen LogP contribution in [0.1, 0.15) is 10.4 Å². The van der Waals surface area contributed by atoms with Crippen LogP contribution in [-0.2, 0) is 12.7 Å². The summed E-state index contributed by atoms with van der Waals surface area (Å²) in [7, 11) is 1.83. The van der Waals surface area contributed by atoms with Crippen LogP contribution in [0.3, 0.4) is 0 Å². The highest BCUT2D eigenvalue weighted by Gasteiger charge is 2.31. The lowest BCUT2D eigenvalue weighted by Gasteiger charge is -2.09. The first-order valence-electron chi connectivity index (χ1n) is 5.51. The van der Waals surface area contributed by atoms with Gasteiger partial charge >= 0.3 is 6.18 Å². The fourth-order valence-electron chi connectivity index (χ4n) is 1.70. The van der Waals surface area contributed by atoms with Crippen LogP contribution < -0.4 is 5.32 Å². The van der Waals surface area contributed by atoms with Crippen LogP contribution in [0.2, 0.25) is 0 Å². The van der Waals surface area contributed by atoms with Gasteiger partial charge in [0.15, 0.2) is 0 Å². The molecule has 19 heavy (non-hydrogen) atoms. The Hall–Kier alpha value is -0.850. The summed E-state index contributed by atoms with van der Waals surface area (Å²) in [4.78, 5) is 1.92. The number of hydrogen-bond acceptors (Lipinski definition) is 2. The molecule has 1 aromatic carbocycles. The lowest BCUT2D eigenvalue weighted by molar-refractivity contribution is -0.137. The summed E-state index contributed by atoms with van der Waals surface area (Å²) < 4.78 is 38.7. The minimum atomic E-state index is -4.33. The van der Waals surface area contributed by atoms with Crippen molar-refractivity contribution in [3.63, 3.8) is 0 Å². The Morgan fingerprint density at radius 1 is 1.21 bits per heavy atom. The molecule has 0 unspecified atom stereocenters. The highest BCUT2D eigenvalue weighted by Crippen LogP contribution is 2.36. The largest absolute Gasteiger partial charge is 0.416 e. The van der Waals surface area contributed by atoms with Gasteiger partial charge in [-0.25, -0.2) is 0 Å². The first-order valence-corrected chi connectivity index (χ1v) is 7.12. The summed E-state index contributed by atoms with van der Waals surface area (Å²) in [6.07, 6.45) is -4.33. The molecule has 0 saturated carbocycles. The maximum atomic E-state index is 12.8. The molecule has 0 saturated heterocycles. The van der Waals surface area contributed by atoms with Gasteiger partial charge in [0.05, 0.1) is 5.56 Å². The molecule has 0 aliphatic carbocycles. The predicted molar refractivity (Wildman–Crippen MR) is 75.2 cm³/mol. The van der Waals surface area contributed by atoms with Gasteiger partial charge in [-0.1, -0.05) is 15.9 Å². The molecule has 2 rings (SSSR count). The molecule has 0 amide bonds. The normalized spacial score (nSPS) is 11.8. The zero-order valence-corrected chi connectivity index (χ0v) is 12.4. The standard InChI is InChI=1S/C13H11BrF3NS/c1-18-7-11-2-3-12(19-11)8-4-9(13(15,16)17)6-10(14)5-8/h2-6,18H,7H2,1H3. The van der Waals surface area contributed by atoms with E-state index in [1.807, 2.05) is 19.2 Å². The van der Waals surface area contributed by atoms with Crippen LogP contribution >= 0.6 is 27.3 Å². The Morgan fingerprint density at radius 2 is 1.95 bits per heavy atom. The van der Waals surface area contributed by atoms with Gasteiger partial charge < -0.3 is 5.32 Å².